The summed E-state index contributed by atoms with van der Waals surface area (Å²) in [6.45, 7) is 2.82. The summed E-state index contributed by atoms with van der Waals surface area (Å²) in [6, 6.07) is 7.48. The summed E-state index contributed by atoms with van der Waals surface area (Å²) in [5.41, 5.74) is 1.69. The summed E-state index contributed by atoms with van der Waals surface area (Å²) in [6.07, 6.45) is 0. The van der Waals surface area contributed by atoms with E-state index in [0.717, 1.165) is 12.1 Å². The molecule has 1 amide bonds. The van der Waals surface area contributed by atoms with Crippen molar-refractivity contribution < 1.29 is 4.79 Å². The van der Waals surface area contributed by atoms with Crippen molar-refractivity contribution in [3.8, 4) is 0 Å². The molecule has 0 saturated heterocycles. The number of likely N-dealkylation sites (N-methyl/N-ethyl adjacent to an activating group) is 1. The van der Waals surface area contributed by atoms with Crippen LogP contribution in [0.3, 0.4) is 0 Å². The highest BCUT2D eigenvalue weighted by Crippen LogP contribution is 2.07. The van der Waals surface area contributed by atoms with Gasteiger partial charge in [-0.25, -0.2) is 0 Å². The van der Waals surface area contributed by atoms with E-state index in [0.29, 0.717) is 11.4 Å². The van der Waals surface area contributed by atoms with Gasteiger partial charge in [-0.2, -0.15) is 0 Å². The molecule has 0 bridgehead atoms. The van der Waals surface area contributed by atoms with E-state index in [1.807, 2.05) is 38.1 Å². The van der Waals surface area contributed by atoms with Crippen LogP contribution < -0.4 is 5.32 Å². The molecule has 0 aliphatic heterocycles. The van der Waals surface area contributed by atoms with Gasteiger partial charge < -0.3 is 10.2 Å². The second-order valence-electron chi connectivity index (χ2n) is 4.47. The Morgan fingerprint density at radius 3 is 2.41 bits per heavy atom. The number of alkyl halides is 1. The van der Waals surface area contributed by atoms with Crippen molar-refractivity contribution in [3.05, 3.63) is 35.4 Å². The van der Waals surface area contributed by atoms with Gasteiger partial charge in [0.2, 0.25) is 0 Å². The van der Waals surface area contributed by atoms with Crippen molar-refractivity contribution in [2.75, 3.05) is 20.6 Å². The number of amides is 1. The zero-order chi connectivity index (χ0) is 12.8. The lowest BCUT2D eigenvalue weighted by Gasteiger charge is -2.18. The quantitative estimate of drug-likeness (QED) is 0.817. The molecule has 4 heteroatoms. The van der Waals surface area contributed by atoms with E-state index in [2.05, 4.69) is 5.32 Å². The summed E-state index contributed by atoms with van der Waals surface area (Å²) >= 11 is 5.69. The van der Waals surface area contributed by atoms with Gasteiger partial charge in [0, 0.05) is 24.0 Å². The van der Waals surface area contributed by atoms with Gasteiger partial charge in [-0.1, -0.05) is 12.1 Å². The van der Waals surface area contributed by atoms with Crippen LogP contribution >= 0.6 is 11.6 Å². The van der Waals surface area contributed by atoms with E-state index in [9.17, 15) is 4.79 Å². The first-order valence-electron chi connectivity index (χ1n) is 5.63. The summed E-state index contributed by atoms with van der Waals surface area (Å²) in [4.78, 5) is 13.9. The second kappa shape index (κ2) is 6.62. The molecule has 0 fully saturated rings. The molecule has 0 aliphatic rings. The van der Waals surface area contributed by atoms with Crippen molar-refractivity contribution >= 4 is 17.5 Å². The van der Waals surface area contributed by atoms with Gasteiger partial charge in [0.05, 0.1) is 0 Å². The molecule has 1 N–H and O–H groups in total. The highest BCUT2D eigenvalue weighted by molar-refractivity contribution is 6.17. The highest BCUT2D eigenvalue weighted by atomic mass is 35.5. The first-order chi connectivity index (χ1) is 8.02. The maximum absolute atomic E-state index is 11.9. The van der Waals surface area contributed by atoms with E-state index < -0.39 is 0 Å². The minimum atomic E-state index is -0.0412. The fraction of sp³-hybridized carbons (Fsp3) is 0.462. The Bertz CT molecular complexity index is 362. The Labute approximate surface area is 108 Å². The molecule has 0 saturated carbocycles. The van der Waals surface area contributed by atoms with Crippen LogP contribution in [0.2, 0.25) is 0 Å². The molecule has 1 atom stereocenters. The van der Waals surface area contributed by atoms with Crippen molar-refractivity contribution in [1.82, 2.24) is 10.2 Å². The van der Waals surface area contributed by atoms with E-state index in [1.165, 1.54) is 0 Å². The van der Waals surface area contributed by atoms with Crippen LogP contribution in [0, 0.1) is 0 Å². The third-order valence-electron chi connectivity index (χ3n) is 2.39. The number of carbonyl (C=O) groups excluding carboxylic acids is 1. The Morgan fingerprint density at radius 1 is 1.35 bits per heavy atom. The maximum atomic E-state index is 11.9. The average Bonchev–Trinajstić information content (AvgIpc) is 2.28. The van der Waals surface area contributed by atoms with Crippen LogP contribution in [-0.2, 0) is 5.88 Å². The lowest BCUT2D eigenvalue weighted by molar-refractivity contribution is 0.0934. The van der Waals surface area contributed by atoms with E-state index in [-0.39, 0.29) is 11.9 Å². The number of nitrogens with one attached hydrogen (secondary N) is 1. The summed E-state index contributed by atoms with van der Waals surface area (Å²) in [5, 5.41) is 2.95. The van der Waals surface area contributed by atoms with Crippen LogP contribution in [0.1, 0.15) is 22.8 Å². The molecule has 0 heterocycles. The highest BCUT2D eigenvalue weighted by Gasteiger charge is 2.09. The van der Waals surface area contributed by atoms with E-state index in [1.54, 1.807) is 12.1 Å². The normalized spacial score (nSPS) is 12.5. The molecule has 1 aromatic rings. The largest absolute Gasteiger partial charge is 0.348 e. The molecule has 0 aromatic heterocycles. The van der Waals surface area contributed by atoms with Gasteiger partial charge in [-0.15, -0.1) is 11.6 Å². The lowest BCUT2D eigenvalue weighted by Crippen LogP contribution is -2.39. The third-order valence-corrected chi connectivity index (χ3v) is 2.70. The number of hydrogen-bond donors (Lipinski definition) is 1. The predicted octanol–water partition coefficient (Wildman–Crippen LogP) is 2.11. The SMILES string of the molecule is CC(CN(C)C)NC(=O)c1ccc(CCl)cc1. The molecule has 94 valence electrons. The second-order valence-corrected chi connectivity index (χ2v) is 4.73. The molecular weight excluding hydrogens is 236 g/mol. The minimum absolute atomic E-state index is 0.0412. The van der Waals surface area contributed by atoms with Crippen molar-refractivity contribution in [3.63, 3.8) is 0 Å². The van der Waals surface area contributed by atoms with Gasteiger partial charge >= 0.3 is 0 Å². The number of nitrogens with zero attached hydrogens (tertiary/aromatic N) is 1. The summed E-state index contributed by atoms with van der Waals surface area (Å²) < 4.78 is 0. The first-order valence-corrected chi connectivity index (χ1v) is 6.17. The molecule has 1 unspecified atom stereocenters. The molecule has 0 radical (unpaired) electrons. The molecule has 1 aromatic carbocycles. The van der Waals surface area contributed by atoms with Gasteiger partial charge in [0.15, 0.2) is 0 Å². The molecule has 1 rings (SSSR count). The Hall–Kier alpha value is -1.06. The lowest BCUT2D eigenvalue weighted by atomic mass is 10.1. The Balaban J connectivity index is 2.57. The van der Waals surface area contributed by atoms with E-state index >= 15 is 0 Å². The topological polar surface area (TPSA) is 32.3 Å². The number of carbonyl (C=O) groups is 1. The van der Waals surface area contributed by atoms with Crippen LogP contribution in [0.5, 0.6) is 0 Å². The summed E-state index contributed by atoms with van der Waals surface area (Å²) in [5.74, 6) is 0.430. The molecule has 17 heavy (non-hydrogen) atoms. The third kappa shape index (κ3) is 4.75. The van der Waals surface area contributed by atoms with Crippen LogP contribution in [-0.4, -0.2) is 37.5 Å². The fourth-order valence-electron chi connectivity index (χ4n) is 1.65. The molecule has 0 spiro atoms. The number of halogens is 1. The predicted molar refractivity (Wildman–Crippen MR) is 71.5 cm³/mol. The Morgan fingerprint density at radius 2 is 1.94 bits per heavy atom. The smallest absolute Gasteiger partial charge is 0.251 e. The zero-order valence-electron chi connectivity index (χ0n) is 10.5. The zero-order valence-corrected chi connectivity index (χ0v) is 11.3. The monoisotopic (exact) mass is 254 g/mol. The van der Waals surface area contributed by atoms with Gasteiger partial charge in [-0.3, -0.25) is 4.79 Å². The number of hydrogen-bond acceptors (Lipinski definition) is 2. The van der Waals surface area contributed by atoms with Crippen LogP contribution in [0.4, 0.5) is 0 Å². The van der Waals surface area contributed by atoms with Crippen molar-refractivity contribution in [2.45, 2.75) is 18.8 Å². The van der Waals surface area contributed by atoms with Gasteiger partial charge in [0.25, 0.3) is 5.91 Å². The summed E-state index contributed by atoms with van der Waals surface area (Å²) in [7, 11) is 3.97. The fourth-order valence-corrected chi connectivity index (χ4v) is 1.82. The van der Waals surface area contributed by atoms with Crippen LogP contribution in [0.15, 0.2) is 24.3 Å². The van der Waals surface area contributed by atoms with E-state index in [4.69, 9.17) is 11.6 Å². The number of rotatable bonds is 5. The standard InChI is InChI=1S/C13H19ClN2O/c1-10(9-16(2)3)15-13(17)12-6-4-11(8-14)5-7-12/h4-7,10H,8-9H2,1-3H3,(H,15,17). The molecule has 3 nitrogen and oxygen atoms in total. The first kappa shape index (κ1) is 14.0. The number of benzene rings is 1. The van der Waals surface area contributed by atoms with Crippen molar-refractivity contribution in [2.24, 2.45) is 0 Å². The Kier molecular flexibility index (Phi) is 5.45. The minimum Gasteiger partial charge on any atom is -0.348 e. The van der Waals surface area contributed by atoms with Gasteiger partial charge in [0.1, 0.15) is 0 Å². The van der Waals surface area contributed by atoms with Crippen LogP contribution in [0.25, 0.3) is 0 Å². The maximum Gasteiger partial charge on any atom is 0.251 e. The van der Waals surface area contributed by atoms with Crippen molar-refractivity contribution in [1.29, 1.82) is 0 Å². The molecule has 0 aliphatic carbocycles. The molecular formula is C13H19ClN2O. The average molecular weight is 255 g/mol. The van der Waals surface area contributed by atoms with Gasteiger partial charge in [-0.05, 0) is 38.7 Å².